The molecule has 1 heterocycles. The molecule has 0 bridgehead atoms. The molecule has 1 saturated carbocycles. The second-order valence-corrected chi connectivity index (χ2v) is 10.3. The summed E-state index contributed by atoms with van der Waals surface area (Å²) in [6.45, 7) is 0.554. The van der Waals surface area contributed by atoms with Gasteiger partial charge in [0, 0.05) is 30.1 Å². The Hall–Kier alpha value is -1.74. The Balaban J connectivity index is 1.64. The van der Waals surface area contributed by atoms with Gasteiger partial charge < -0.3 is 10.1 Å². The fraction of sp³-hybridized carbons (Fsp3) is 0.476. The number of amides is 1. The zero-order valence-corrected chi connectivity index (χ0v) is 18.3. The quantitative estimate of drug-likeness (QED) is 0.487. The van der Waals surface area contributed by atoms with Gasteiger partial charge in [-0.3, -0.25) is 4.79 Å². The van der Waals surface area contributed by atoms with Crippen LogP contribution < -0.4 is 10.0 Å². The van der Waals surface area contributed by atoms with Crippen LogP contribution in [0.2, 0.25) is 0 Å². The third-order valence-electron chi connectivity index (χ3n) is 5.07. The molecule has 0 atom stereocenters. The van der Waals surface area contributed by atoms with Crippen molar-refractivity contribution in [2.75, 3.05) is 20.3 Å². The number of sulfonamides is 1. The number of ether oxygens (including phenoxy) is 1. The van der Waals surface area contributed by atoms with Gasteiger partial charge in [-0.25, -0.2) is 13.1 Å². The molecule has 2 N–H and O–H groups in total. The first-order valence-corrected chi connectivity index (χ1v) is 12.3. The van der Waals surface area contributed by atoms with Crippen LogP contribution in [-0.4, -0.2) is 40.6 Å². The zero-order valence-electron chi connectivity index (χ0n) is 16.6. The molecule has 0 spiro atoms. The highest BCUT2D eigenvalue weighted by atomic mass is 32.2. The standard InChI is InChI=1S/C21H28N2O4S2/c1-27-15-14-22-29(25,26)20-13-12-19(28-20)16-8-10-17(11-9-16)21(24)23-18-6-4-2-3-5-7-18/h8-13,18,22H,2-7,14-15H2,1H3,(H,23,24). The van der Waals surface area contributed by atoms with Crippen LogP contribution >= 0.6 is 11.3 Å². The number of hydrogen-bond donors (Lipinski definition) is 2. The summed E-state index contributed by atoms with van der Waals surface area (Å²) >= 11 is 1.20. The second kappa shape index (κ2) is 10.3. The minimum Gasteiger partial charge on any atom is -0.383 e. The van der Waals surface area contributed by atoms with Crippen molar-refractivity contribution < 1.29 is 17.9 Å². The number of benzene rings is 1. The summed E-state index contributed by atoms with van der Waals surface area (Å²) in [6.07, 6.45) is 6.95. The predicted octanol–water partition coefficient (Wildman–Crippen LogP) is 3.79. The van der Waals surface area contributed by atoms with E-state index in [2.05, 4.69) is 10.0 Å². The average molecular weight is 437 g/mol. The third kappa shape index (κ3) is 6.12. The molecule has 0 saturated heterocycles. The maximum Gasteiger partial charge on any atom is 0.251 e. The normalized spacial score (nSPS) is 15.8. The predicted molar refractivity (Wildman–Crippen MR) is 116 cm³/mol. The van der Waals surface area contributed by atoms with Crippen LogP contribution in [0.1, 0.15) is 48.9 Å². The fourth-order valence-corrected chi connectivity index (χ4v) is 5.82. The largest absolute Gasteiger partial charge is 0.383 e. The minimum atomic E-state index is -3.54. The number of methoxy groups -OCH3 is 1. The van der Waals surface area contributed by atoms with Gasteiger partial charge in [-0.15, -0.1) is 11.3 Å². The van der Waals surface area contributed by atoms with Gasteiger partial charge in [-0.2, -0.15) is 0 Å². The van der Waals surface area contributed by atoms with Crippen molar-refractivity contribution in [3.63, 3.8) is 0 Å². The molecule has 8 heteroatoms. The smallest absolute Gasteiger partial charge is 0.251 e. The molecule has 1 fully saturated rings. The van der Waals surface area contributed by atoms with E-state index in [0.29, 0.717) is 12.2 Å². The van der Waals surface area contributed by atoms with Gasteiger partial charge in [-0.1, -0.05) is 37.8 Å². The van der Waals surface area contributed by atoms with Crippen LogP contribution in [0.15, 0.2) is 40.6 Å². The van der Waals surface area contributed by atoms with Gasteiger partial charge in [0.15, 0.2) is 0 Å². The van der Waals surface area contributed by atoms with Gasteiger partial charge in [0.05, 0.1) is 6.61 Å². The van der Waals surface area contributed by atoms with Crippen molar-refractivity contribution in [3.8, 4) is 10.4 Å². The number of thiophene rings is 1. The second-order valence-electron chi connectivity index (χ2n) is 7.25. The lowest BCUT2D eigenvalue weighted by Gasteiger charge is -2.16. The molecule has 29 heavy (non-hydrogen) atoms. The summed E-state index contributed by atoms with van der Waals surface area (Å²) in [5, 5.41) is 3.15. The Kier molecular flexibility index (Phi) is 7.83. The van der Waals surface area contributed by atoms with E-state index in [-0.39, 0.29) is 22.7 Å². The number of rotatable bonds is 8. The average Bonchev–Trinajstić information content (AvgIpc) is 3.09. The third-order valence-corrected chi connectivity index (χ3v) is 8.15. The first kappa shape index (κ1) is 22.0. The van der Waals surface area contributed by atoms with Crippen molar-refractivity contribution in [2.45, 2.75) is 48.8 Å². The number of nitrogens with one attached hydrogen (secondary N) is 2. The Morgan fingerprint density at radius 1 is 1.07 bits per heavy atom. The first-order valence-electron chi connectivity index (χ1n) is 9.99. The molecular weight excluding hydrogens is 408 g/mol. The Morgan fingerprint density at radius 2 is 1.76 bits per heavy atom. The number of carbonyl (C=O) groups excluding carboxylic acids is 1. The van der Waals surface area contributed by atoms with E-state index in [1.165, 1.54) is 44.1 Å². The topological polar surface area (TPSA) is 84.5 Å². The van der Waals surface area contributed by atoms with E-state index in [4.69, 9.17) is 4.74 Å². The fourth-order valence-electron chi connectivity index (χ4n) is 3.45. The molecule has 3 rings (SSSR count). The summed E-state index contributed by atoms with van der Waals surface area (Å²) in [6, 6.07) is 11.0. The molecule has 0 aliphatic heterocycles. The summed E-state index contributed by atoms with van der Waals surface area (Å²) in [5.74, 6) is -0.0414. The molecule has 158 valence electrons. The van der Waals surface area contributed by atoms with E-state index in [1.807, 2.05) is 12.1 Å². The Labute approximate surface area is 176 Å². The van der Waals surface area contributed by atoms with Crippen LogP contribution in [-0.2, 0) is 14.8 Å². The Morgan fingerprint density at radius 3 is 2.41 bits per heavy atom. The molecule has 1 aliphatic carbocycles. The van der Waals surface area contributed by atoms with Crippen LogP contribution in [0.4, 0.5) is 0 Å². The van der Waals surface area contributed by atoms with Gasteiger partial charge in [0.1, 0.15) is 4.21 Å². The van der Waals surface area contributed by atoms with Crippen molar-refractivity contribution in [2.24, 2.45) is 0 Å². The Bertz CT molecular complexity index is 899. The maximum absolute atomic E-state index is 12.5. The number of hydrogen-bond acceptors (Lipinski definition) is 5. The van der Waals surface area contributed by atoms with Crippen molar-refractivity contribution >= 4 is 27.3 Å². The van der Waals surface area contributed by atoms with Crippen molar-refractivity contribution in [1.82, 2.24) is 10.0 Å². The van der Waals surface area contributed by atoms with Crippen LogP contribution in [0.3, 0.4) is 0 Å². The molecule has 0 unspecified atom stereocenters. The molecule has 1 aromatic carbocycles. The van der Waals surface area contributed by atoms with E-state index >= 15 is 0 Å². The highest BCUT2D eigenvalue weighted by Gasteiger charge is 2.18. The lowest BCUT2D eigenvalue weighted by molar-refractivity contribution is 0.0933. The van der Waals surface area contributed by atoms with E-state index in [1.54, 1.807) is 24.3 Å². The van der Waals surface area contributed by atoms with Gasteiger partial charge >= 0.3 is 0 Å². The highest BCUT2D eigenvalue weighted by Crippen LogP contribution is 2.31. The van der Waals surface area contributed by atoms with E-state index in [9.17, 15) is 13.2 Å². The van der Waals surface area contributed by atoms with Crippen molar-refractivity contribution in [3.05, 3.63) is 42.0 Å². The van der Waals surface area contributed by atoms with Crippen LogP contribution in [0.5, 0.6) is 0 Å². The van der Waals surface area contributed by atoms with Gasteiger partial charge in [0.2, 0.25) is 10.0 Å². The van der Waals surface area contributed by atoms with Gasteiger partial charge in [0.25, 0.3) is 5.91 Å². The summed E-state index contributed by atoms with van der Waals surface area (Å²) in [7, 11) is -2.01. The molecule has 0 radical (unpaired) electrons. The molecule has 2 aromatic rings. The van der Waals surface area contributed by atoms with E-state index in [0.717, 1.165) is 23.3 Å². The summed E-state index contributed by atoms with van der Waals surface area (Å²) in [4.78, 5) is 13.4. The zero-order chi connectivity index (χ0) is 20.7. The molecule has 1 aliphatic rings. The highest BCUT2D eigenvalue weighted by molar-refractivity contribution is 7.91. The van der Waals surface area contributed by atoms with Gasteiger partial charge in [-0.05, 0) is 42.7 Å². The number of carbonyl (C=O) groups is 1. The van der Waals surface area contributed by atoms with Crippen LogP contribution in [0, 0.1) is 0 Å². The lowest BCUT2D eigenvalue weighted by atomic mass is 10.1. The summed E-state index contributed by atoms with van der Waals surface area (Å²) in [5.41, 5.74) is 1.52. The summed E-state index contributed by atoms with van der Waals surface area (Å²) < 4.78 is 32.3. The van der Waals surface area contributed by atoms with Crippen molar-refractivity contribution in [1.29, 1.82) is 0 Å². The maximum atomic E-state index is 12.5. The molecular formula is C21H28N2O4S2. The molecule has 1 aromatic heterocycles. The van der Waals surface area contributed by atoms with Crippen LogP contribution in [0.25, 0.3) is 10.4 Å². The molecule has 1 amide bonds. The monoisotopic (exact) mass is 436 g/mol. The minimum absolute atomic E-state index is 0.0414. The molecule has 6 nitrogen and oxygen atoms in total. The lowest BCUT2D eigenvalue weighted by Crippen LogP contribution is -2.34. The van der Waals surface area contributed by atoms with E-state index < -0.39 is 10.0 Å². The first-order chi connectivity index (χ1) is 14.0. The SMILES string of the molecule is COCCNS(=O)(=O)c1ccc(-c2ccc(C(=O)NC3CCCCCC3)cc2)s1.